The molecule has 2 amide bonds. The molecule has 0 aliphatic heterocycles. The first-order chi connectivity index (χ1) is 8.54. The van der Waals surface area contributed by atoms with Crippen molar-refractivity contribution in [2.24, 2.45) is 5.92 Å². The molecule has 0 aliphatic carbocycles. The number of carboxylic acid groups (broad SMARTS) is 1. The number of nitrogens with zero attached hydrogens (tertiary/aromatic N) is 1. The predicted molar refractivity (Wildman–Crippen MR) is 67.3 cm³/mol. The molecule has 98 valence electrons. The van der Waals surface area contributed by atoms with Crippen LogP contribution < -0.4 is 10.6 Å². The number of aliphatic carboxylic acids is 1. The van der Waals surface area contributed by atoms with Crippen molar-refractivity contribution in [1.29, 1.82) is 0 Å². The Morgan fingerprint density at radius 1 is 1.50 bits per heavy atom. The summed E-state index contributed by atoms with van der Waals surface area (Å²) in [4.78, 5) is 26.5. The van der Waals surface area contributed by atoms with Gasteiger partial charge in [0.15, 0.2) is 0 Å². The van der Waals surface area contributed by atoms with Gasteiger partial charge in [-0.2, -0.15) is 0 Å². The molecule has 1 rings (SSSR count). The Morgan fingerprint density at radius 2 is 2.22 bits per heavy atom. The van der Waals surface area contributed by atoms with E-state index in [1.54, 1.807) is 25.3 Å². The number of rotatable bonds is 5. The lowest BCUT2D eigenvalue weighted by Gasteiger charge is -2.20. The van der Waals surface area contributed by atoms with Gasteiger partial charge in [0.05, 0.1) is 11.9 Å². The summed E-state index contributed by atoms with van der Waals surface area (Å²) in [5.41, 5.74) is 0.517. The van der Waals surface area contributed by atoms with Gasteiger partial charge in [0.1, 0.15) is 6.04 Å². The Morgan fingerprint density at radius 3 is 2.72 bits per heavy atom. The van der Waals surface area contributed by atoms with Crippen LogP contribution in [-0.2, 0) is 4.79 Å². The van der Waals surface area contributed by atoms with Gasteiger partial charge in [-0.05, 0) is 18.1 Å². The lowest BCUT2D eigenvalue weighted by molar-refractivity contribution is -0.140. The van der Waals surface area contributed by atoms with Crippen molar-refractivity contribution in [2.45, 2.75) is 26.3 Å². The SMILES string of the molecule is CCC(C)[C@H](NC(=O)Nc1cccnc1)C(=O)O. The van der Waals surface area contributed by atoms with Crippen molar-refractivity contribution in [3.63, 3.8) is 0 Å². The summed E-state index contributed by atoms with van der Waals surface area (Å²) in [6, 6.07) is 1.91. The predicted octanol–water partition coefficient (Wildman–Crippen LogP) is 1.70. The Labute approximate surface area is 105 Å². The average Bonchev–Trinajstić information content (AvgIpc) is 2.36. The zero-order valence-corrected chi connectivity index (χ0v) is 10.4. The smallest absolute Gasteiger partial charge is 0.326 e. The molecule has 0 spiro atoms. The summed E-state index contributed by atoms with van der Waals surface area (Å²) in [5, 5.41) is 14.0. The molecule has 0 radical (unpaired) electrons. The highest BCUT2D eigenvalue weighted by molar-refractivity contribution is 5.92. The molecule has 1 heterocycles. The van der Waals surface area contributed by atoms with Gasteiger partial charge in [-0.1, -0.05) is 20.3 Å². The van der Waals surface area contributed by atoms with E-state index >= 15 is 0 Å². The zero-order chi connectivity index (χ0) is 13.5. The summed E-state index contributed by atoms with van der Waals surface area (Å²) in [5.74, 6) is -1.17. The third-order valence-electron chi connectivity index (χ3n) is 2.69. The first kappa shape index (κ1) is 14.0. The minimum absolute atomic E-state index is 0.137. The fourth-order valence-electron chi connectivity index (χ4n) is 1.43. The van der Waals surface area contributed by atoms with Gasteiger partial charge in [0.2, 0.25) is 0 Å². The second-order valence-electron chi connectivity index (χ2n) is 4.04. The fourth-order valence-corrected chi connectivity index (χ4v) is 1.43. The lowest BCUT2D eigenvalue weighted by atomic mass is 9.99. The molecule has 0 fully saturated rings. The van der Waals surface area contributed by atoms with Crippen LogP contribution in [0.2, 0.25) is 0 Å². The molecule has 0 aliphatic rings. The lowest BCUT2D eigenvalue weighted by Crippen LogP contribution is -2.46. The van der Waals surface area contributed by atoms with Gasteiger partial charge in [-0.15, -0.1) is 0 Å². The molecule has 0 saturated carbocycles. The molecule has 18 heavy (non-hydrogen) atoms. The van der Waals surface area contributed by atoms with Crippen molar-refractivity contribution in [2.75, 3.05) is 5.32 Å². The Bertz CT molecular complexity index is 408. The Kier molecular flexibility index (Phi) is 5.10. The van der Waals surface area contributed by atoms with Crippen LogP contribution in [-0.4, -0.2) is 28.1 Å². The van der Waals surface area contributed by atoms with E-state index in [0.717, 1.165) is 0 Å². The third kappa shape index (κ3) is 4.04. The van der Waals surface area contributed by atoms with Crippen LogP contribution in [0.5, 0.6) is 0 Å². The molecule has 3 N–H and O–H groups in total. The molecule has 2 atom stereocenters. The normalized spacial score (nSPS) is 13.4. The zero-order valence-electron chi connectivity index (χ0n) is 10.4. The van der Waals surface area contributed by atoms with Gasteiger partial charge in [-0.25, -0.2) is 9.59 Å². The summed E-state index contributed by atoms with van der Waals surface area (Å²) < 4.78 is 0. The van der Waals surface area contributed by atoms with E-state index in [2.05, 4.69) is 15.6 Å². The number of carboxylic acids is 1. The van der Waals surface area contributed by atoms with Gasteiger partial charge in [0, 0.05) is 6.20 Å². The highest BCUT2D eigenvalue weighted by Gasteiger charge is 2.25. The highest BCUT2D eigenvalue weighted by atomic mass is 16.4. The van der Waals surface area contributed by atoms with Gasteiger partial charge in [-0.3, -0.25) is 4.98 Å². The monoisotopic (exact) mass is 251 g/mol. The van der Waals surface area contributed by atoms with Gasteiger partial charge < -0.3 is 15.7 Å². The van der Waals surface area contributed by atoms with E-state index in [-0.39, 0.29) is 5.92 Å². The summed E-state index contributed by atoms with van der Waals surface area (Å²) >= 11 is 0. The van der Waals surface area contributed by atoms with Crippen molar-refractivity contribution in [3.8, 4) is 0 Å². The number of amides is 2. The number of pyridine rings is 1. The van der Waals surface area contributed by atoms with Crippen LogP contribution >= 0.6 is 0 Å². The van der Waals surface area contributed by atoms with E-state index in [9.17, 15) is 9.59 Å². The quantitative estimate of drug-likeness (QED) is 0.742. The third-order valence-corrected chi connectivity index (χ3v) is 2.69. The fraction of sp³-hybridized carbons (Fsp3) is 0.417. The minimum atomic E-state index is -1.04. The molecular weight excluding hydrogens is 234 g/mol. The first-order valence-electron chi connectivity index (χ1n) is 5.75. The Hall–Kier alpha value is -2.11. The number of hydrogen-bond donors (Lipinski definition) is 3. The van der Waals surface area contributed by atoms with E-state index in [1.165, 1.54) is 6.20 Å². The van der Waals surface area contributed by atoms with Gasteiger partial charge >= 0.3 is 12.0 Å². The van der Waals surface area contributed by atoms with Crippen LogP contribution in [0.15, 0.2) is 24.5 Å². The molecule has 0 bridgehead atoms. The van der Waals surface area contributed by atoms with Crippen molar-refractivity contribution >= 4 is 17.7 Å². The Balaban J connectivity index is 2.60. The second-order valence-corrected chi connectivity index (χ2v) is 4.04. The number of aromatic nitrogens is 1. The number of carbonyl (C=O) groups excluding carboxylic acids is 1. The summed E-state index contributed by atoms with van der Waals surface area (Å²) in [7, 11) is 0. The molecule has 1 aromatic rings. The molecule has 1 aromatic heterocycles. The van der Waals surface area contributed by atoms with Crippen molar-refractivity contribution < 1.29 is 14.7 Å². The second kappa shape index (κ2) is 6.58. The topological polar surface area (TPSA) is 91.3 Å². The molecule has 0 aromatic carbocycles. The highest BCUT2D eigenvalue weighted by Crippen LogP contribution is 2.09. The molecular formula is C12H17N3O3. The average molecular weight is 251 g/mol. The maximum atomic E-state index is 11.6. The number of nitrogens with one attached hydrogen (secondary N) is 2. The minimum Gasteiger partial charge on any atom is -0.480 e. The van der Waals surface area contributed by atoms with Crippen LogP contribution in [0.1, 0.15) is 20.3 Å². The number of hydrogen-bond acceptors (Lipinski definition) is 3. The summed E-state index contributed by atoms with van der Waals surface area (Å²) in [6.07, 6.45) is 3.74. The maximum Gasteiger partial charge on any atom is 0.326 e. The standard InChI is InChI=1S/C12H17N3O3/c1-3-8(2)10(11(16)17)15-12(18)14-9-5-4-6-13-7-9/h4-8,10H,3H2,1-2H3,(H,16,17)(H2,14,15,18)/t8?,10-/m0/s1. The maximum absolute atomic E-state index is 11.6. The molecule has 6 nitrogen and oxygen atoms in total. The van der Waals surface area contributed by atoms with E-state index in [1.807, 2.05) is 6.92 Å². The van der Waals surface area contributed by atoms with Crippen molar-refractivity contribution in [1.82, 2.24) is 10.3 Å². The molecule has 0 saturated heterocycles. The first-order valence-corrected chi connectivity index (χ1v) is 5.75. The van der Waals surface area contributed by atoms with Crippen LogP contribution in [0.25, 0.3) is 0 Å². The van der Waals surface area contributed by atoms with Crippen LogP contribution in [0.3, 0.4) is 0 Å². The number of anilines is 1. The molecule has 6 heteroatoms. The van der Waals surface area contributed by atoms with Crippen molar-refractivity contribution in [3.05, 3.63) is 24.5 Å². The van der Waals surface area contributed by atoms with E-state index in [4.69, 9.17) is 5.11 Å². The molecule has 1 unspecified atom stereocenters. The van der Waals surface area contributed by atoms with Crippen LogP contribution in [0.4, 0.5) is 10.5 Å². The number of urea groups is 1. The van der Waals surface area contributed by atoms with E-state index < -0.39 is 18.0 Å². The number of carbonyl (C=O) groups is 2. The van der Waals surface area contributed by atoms with Gasteiger partial charge in [0.25, 0.3) is 0 Å². The van der Waals surface area contributed by atoms with Crippen LogP contribution in [0, 0.1) is 5.92 Å². The largest absolute Gasteiger partial charge is 0.480 e. The summed E-state index contributed by atoms with van der Waals surface area (Å²) in [6.45, 7) is 3.66. The van der Waals surface area contributed by atoms with E-state index in [0.29, 0.717) is 12.1 Å².